The van der Waals surface area contributed by atoms with Gasteiger partial charge < -0.3 is 15.0 Å². The van der Waals surface area contributed by atoms with Gasteiger partial charge in [0, 0.05) is 30.9 Å². The van der Waals surface area contributed by atoms with E-state index >= 15 is 0 Å². The lowest BCUT2D eigenvalue weighted by atomic mass is 10.2. The second-order valence-corrected chi connectivity index (χ2v) is 6.05. The van der Waals surface area contributed by atoms with Crippen molar-refractivity contribution < 1.29 is 4.74 Å². The van der Waals surface area contributed by atoms with Gasteiger partial charge in [0.25, 0.3) is 0 Å². The van der Waals surface area contributed by atoms with E-state index < -0.39 is 0 Å². The number of thioether (sulfide) groups is 1. The number of nitrogens with one attached hydrogen (secondary N) is 1. The van der Waals surface area contributed by atoms with Crippen molar-refractivity contribution in [3.05, 3.63) is 0 Å². The van der Waals surface area contributed by atoms with E-state index in [0.29, 0.717) is 12.1 Å². The first-order valence-corrected chi connectivity index (χ1v) is 7.64. The zero-order chi connectivity index (χ0) is 11.4. The maximum absolute atomic E-state index is 5.77. The lowest BCUT2D eigenvalue weighted by Crippen LogP contribution is -2.47. The Kier molecular flexibility index (Phi) is 4.95. The molecule has 1 heterocycles. The molecule has 0 spiro atoms. The van der Waals surface area contributed by atoms with Gasteiger partial charge in [-0.3, -0.25) is 0 Å². The fourth-order valence-corrected chi connectivity index (χ4v) is 3.68. The van der Waals surface area contributed by atoms with Gasteiger partial charge in [0.1, 0.15) is 0 Å². The number of hydrogen-bond acceptors (Lipinski definition) is 4. The Bertz CT molecular complexity index is 215. The summed E-state index contributed by atoms with van der Waals surface area (Å²) < 4.78 is 5.77. The zero-order valence-electron chi connectivity index (χ0n) is 10.4. The Labute approximate surface area is 103 Å². The summed E-state index contributed by atoms with van der Waals surface area (Å²) in [5.41, 5.74) is 0. The van der Waals surface area contributed by atoms with Gasteiger partial charge in [-0.15, -0.1) is 0 Å². The lowest BCUT2D eigenvalue weighted by Gasteiger charge is -2.31. The van der Waals surface area contributed by atoms with E-state index in [2.05, 4.69) is 23.5 Å². The van der Waals surface area contributed by atoms with Crippen molar-refractivity contribution in [2.45, 2.75) is 36.7 Å². The van der Waals surface area contributed by atoms with Crippen LogP contribution < -0.4 is 5.32 Å². The molecule has 3 nitrogen and oxygen atoms in total. The third-order valence-electron chi connectivity index (χ3n) is 3.70. The summed E-state index contributed by atoms with van der Waals surface area (Å²) >= 11 is 2.01. The first-order chi connectivity index (χ1) is 7.79. The number of nitrogens with zero attached hydrogens (tertiary/aromatic N) is 1. The summed E-state index contributed by atoms with van der Waals surface area (Å²) in [7, 11) is 2.18. The number of likely N-dealkylation sites (N-methyl/N-ethyl adjacent to an activating group) is 1. The van der Waals surface area contributed by atoms with Crippen LogP contribution in [0.1, 0.15) is 19.3 Å². The number of morpholine rings is 1. The van der Waals surface area contributed by atoms with Crippen LogP contribution in [-0.2, 0) is 4.74 Å². The van der Waals surface area contributed by atoms with Gasteiger partial charge in [-0.25, -0.2) is 0 Å². The van der Waals surface area contributed by atoms with Crippen LogP contribution >= 0.6 is 11.8 Å². The first kappa shape index (κ1) is 12.7. The van der Waals surface area contributed by atoms with Gasteiger partial charge in [0.05, 0.1) is 12.7 Å². The van der Waals surface area contributed by atoms with Crippen LogP contribution in [0, 0.1) is 0 Å². The van der Waals surface area contributed by atoms with E-state index in [4.69, 9.17) is 4.74 Å². The SMILES string of the molecule is CSC1CCCC1NCC1CN(C)CCO1. The molecule has 0 aromatic rings. The van der Waals surface area contributed by atoms with Crippen molar-refractivity contribution in [1.82, 2.24) is 10.2 Å². The second-order valence-electron chi connectivity index (χ2n) is 4.97. The minimum Gasteiger partial charge on any atom is -0.374 e. The van der Waals surface area contributed by atoms with Crippen LogP contribution in [0.5, 0.6) is 0 Å². The summed E-state index contributed by atoms with van der Waals surface area (Å²) in [6, 6.07) is 0.714. The summed E-state index contributed by atoms with van der Waals surface area (Å²) in [5, 5.41) is 4.52. The molecule has 1 saturated carbocycles. The number of rotatable bonds is 4. The fraction of sp³-hybridized carbons (Fsp3) is 1.00. The third kappa shape index (κ3) is 3.36. The lowest BCUT2D eigenvalue weighted by molar-refractivity contribution is -0.0191. The molecule has 0 amide bonds. The summed E-state index contributed by atoms with van der Waals surface area (Å²) in [6.07, 6.45) is 6.73. The molecule has 94 valence electrons. The highest BCUT2D eigenvalue weighted by atomic mass is 32.2. The van der Waals surface area contributed by atoms with E-state index in [9.17, 15) is 0 Å². The van der Waals surface area contributed by atoms with Crippen LogP contribution in [0.3, 0.4) is 0 Å². The molecule has 0 radical (unpaired) electrons. The van der Waals surface area contributed by atoms with Gasteiger partial charge in [-0.2, -0.15) is 11.8 Å². The average Bonchev–Trinajstić information content (AvgIpc) is 2.74. The van der Waals surface area contributed by atoms with E-state index in [-0.39, 0.29) is 0 Å². The minimum absolute atomic E-state index is 0.391. The van der Waals surface area contributed by atoms with Gasteiger partial charge in [-0.1, -0.05) is 6.42 Å². The largest absolute Gasteiger partial charge is 0.374 e. The average molecular weight is 244 g/mol. The number of ether oxygens (including phenoxy) is 1. The maximum Gasteiger partial charge on any atom is 0.0826 e. The fourth-order valence-electron chi connectivity index (χ4n) is 2.71. The summed E-state index contributed by atoms with van der Waals surface area (Å²) in [6.45, 7) is 4.06. The first-order valence-electron chi connectivity index (χ1n) is 6.36. The van der Waals surface area contributed by atoms with Crippen LogP contribution in [0.25, 0.3) is 0 Å². The Balaban J connectivity index is 1.70. The molecule has 0 bridgehead atoms. The van der Waals surface area contributed by atoms with Crippen LogP contribution in [-0.4, -0.2) is 61.8 Å². The predicted octanol–water partition coefficient (Wildman–Crippen LogP) is 1.19. The molecule has 2 fully saturated rings. The molecule has 0 aromatic heterocycles. The molecule has 3 atom stereocenters. The zero-order valence-corrected chi connectivity index (χ0v) is 11.3. The van der Waals surface area contributed by atoms with Crippen molar-refractivity contribution in [3.8, 4) is 0 Å². The smallest absolute Gasteiger partial charge is 0.0826 e. The Morgan fingerprint density at radius 1 is 1.44 bits per heavy atom. The van der Waals surface area contributed by atoms with E-state index in [1.54, 1.807) is 0 Å². The molecule has 4 heteroatoms. The minimum atomic E-state index is 0.391. The molecule has 1 aliphatic heterocycles. The van der Waals surface area contributed by atoms with Crippen molar-refractivity contribution in [1.29, 1.82) is 0 Å². The quantitative estimate of drug-likeness (QED) is 0.803. The molecule has 16 heavy (non-hydrogen) atoms. The molecule has 0 aromatic carbocycles. The standard InChI is InChI=1S/C12H24N2OS/c1-14-6-7-15-10(9-14)8-13-11-4-3-5-12(11)16-2/h10-13H,3-9H2,1-2H3. The molecular weight excluding hydrogens is 220 g/mol. The highest BCUT2D eigenvalue weighted by Crippen LogP contribution is 2.28. The molecule has 1 aliphatic carbocycles. The molecular formula is C12H24N2OS. The van der Waals surface area contributed by atoms with E-state index in [0.717, 1.165) is 31.5 Å². The molecule has 2 aliphatic rings. The van der Waals surface area contributed by atoms with Crippen LogP contribution in [0.2, 0.25) is 0 Å². The van der Waals surface area contributed by atoms with Gasteiger partial charge >= 0.3 is 0 Å². The van der Waals surface area contributed by atoms with Crippen molar-refractivity contribution >= 4 is 11.8 Å². The molecule has 1 N–H and O–H groups in total. The second kappa shape index (κ2) is 6.24. The monoisotopic (exact) mass is 244 g/mol. The van der Waals surface area contributed by atoms with E-state index in [1.807, 2.05) is 11.8 Å². The Hall–Kier alpha value is 0.230. The summed E-state index contributed by atoms with van der Waals surface area (Å²) in [4.78, 5) is 2.36. The predicted molar refractivity (Wildman–Crippen MR) is 70.2 cm³/mol. The van der Waals surface area contributed by atoms with Crippen LogP contribution in [0.4, 0.5) is 0 Å². The normalized spacial score (nSPS) is 36.8. The van der Waals surface area contributed by atoms with Crippen molar-refractivity contribution in [2.75, 3.05) is 39.5 Å². The molecule has 2 rings (SSSR count). The Morgan fingerprint density at radius 2 is 2.31 bits per heavy atom. The van der Waals surface area contributed by atoms with Gasteiger partial charge in [-0.05, 0) is 26.1 Å². The van der Waals surface area contributed by atoms with E-state index in [1.165, 1.54) is 19.3 Å². The topological polar surface area (TPSA) is 24.5 Å². The van der Waals surface area contributed by atoms with Crippen molar-refractivity contribution in [2.24, 2.45) is 0 Å². The molecule has 1 saturated heterocycles. The van der Waals surface area contributed by atoms with Crippen molar-refractivity contribution in [3.63, 3.8) is 0 Å². The highest BCUT2D eigenvalue weighted by Gasteiger charge is 2.27. The van der Waals surface area contributed by atoms with Gasteiger partial charge in [0.15, 0.2) is 0 Å². The molecule has 3 unspecified atom stereocenters. The highest BCUT2D eigenvalue weighted by molar-refractivity contribution is 7.99. The number of hydrogen-bond donors (Lipinski definition) is 1. The van der Waals surface area contributed by atoms with Crippen LogP contribution in [0.15, 0.2) is 0 Å². The third-order valence-corrected chi connectivity index (χ3v) is 4.87. The maximum atomic E-state index is 5.77. The van der Waals surface area contributed by atoms with Gasteiger partial charge in [0.2, 0.25) is 0 Å². The summed E-state index contributed by atoms with van der Waals surface area (Å²) in [5.74, 6) is 0. The Morgan fingerprint density at radius 3 is 3.06 bits per heavy atom.